The molecule has 2 N–H and O–H groups in total. The molecule has 2 rings (SSSR count). The summed E-state index contributed by atoms with van der Waals surface area (Å²) in [6, 6.07) is 8.13. The summed E-state index contributed by atoms with van der Waals surface area (Å²) in [5, 5.41) is 0. The molecule has 0 amide bonds. The normalized spacial score (nSPS) is 25.5. The monoisotopic (exact) mass is 268 g/mol. The Morgan fingerprint density at radius 3 is 2.63 bits per heavy atom. The summed E-state index contributed by atoms with van der Waals surface area (Å²) < 4.78 is 28.5. The molecular weight excluding hydrogens is 246 g/mol. The highest BCUT2D eigenvalue weighted by Gasteiger charge is 2.37. The Morgan fingerprint density at radius 2 is 2.00 bits per heavy atom. The highest BCUT2D eigenvalue weighted by Crippen LogP contribution is 2.32. The van der Waals surface area contributed by atoms with Crippen molar-refractivity contribution in [2.24, 2.45) is 11.7 Å². The van der Waals surface area contributed by atoms with Crippen LogP contribution in [-0.4, -0.2) is 30.6 Å². The van der Waals surface area contributed by atoms with Gasteiger partial charge in [0.25, 0.3) is 5.92 Å². The van der Waals surface area contributed by atoms with E-state index in [1.54, 1.807) is 18.2 Å². The van der Waals surface area contributed by atoms with Gasteiger partial charge < -0.3 is 5.73 Å². The van der Waals surface area contributed by atoms with Crippen LogP contribution in [0.4, 0.5) is 8.78 Å². The van der Waals surface area contributed by atoms with Gasteiger partial charge in [-0.2, -0.15) is 8.78 Å². The third-order valence-corrected chi connectivity index (χ3v) is 3.97. The second kappa shape index (κ2) is 5.97. The quantitative estimate of drug-likeness (QED) is 0.910. The van der Waals surface area contributed by atoms with Crippen molar-refractivity contribution in [3.05, 3.63) is 35.9 Å². The van der Waals surface area contributed by atoms with Crippen molar-refractivity contribution in [3.8, 4) is 0 Å². The number of hydrogen-bond acceptors (Lipinski definition) is 2. The van der Waals surface area contributed by atoms with E-state index in [0.29, 0.717) is 19.0 Å². The largest absolute Gasteiger partial charge is 0.329 e. The molecular formula is C15H22F2N2. The van der Waals surface area contributed by atoms with E-state index in [-0.39, 0.29) is 18.2 Å². The lowest BCUT2D eigenvalue weighted by molar-refractivity contribution is -0.0569. The summed E-state index contributed by atoms with van der Waals surface area (Å²) >= 11 is 0. The van der Waals surface area contributed by atoms with Gasteiger partial charge in [-0.3, -0.25) is 4.90 Å². The molecule has 2 unspecified atom stereocenters. The van der Waals surface area contributed by atoms with Gasteiger partial charge in [-0.25, -0.2) is 0 Å². The average Bonchev–Trinajstić information content (AvgIpc) is 2.41. The molecule has 0 spiro atoms. The summed E-state index contributed by atoms with van der Waals surface area (Å²) in [5.74, 6) is -2.23. The van der Waals surface area contributed by atoms with Crippen LogP contribution < -0.4 is 5.73 Å². The van der Waals surface area contributed by atoms with E-state index in [4.69, 9.17) is 5.73 Å². The molecule has 0 aromatic heterocycles. The summed E-state index contributed by atoms with van der Waals surface area (Å²) in [6.45, 7) is 3.10. The van der Waals surface area contributed by atoms with Crippen molar-refractivity contribution in [2.75, 3.05) is 19.6 Å². The Morgan fingerprint density at radius 1 is 1.32 bits per heavy atom. The van der Waals surface area contributed by atoms with Gasteiger partial charge in [0.1, 0.15) is 0 Å². The van der Waals surface area contributed by atoms with Crippen LogP contribution in [0.5, 0.6) is 0 Å². The second-order valence-corrected chi connectivity index (χ2v) is 5.56. The van der Waals surface area contributed by atoms with E-state index >= 15 is 0 Å². The number of rotatable bonds is 4. The number of hydrogen-bond donors (Lipinski definition) is 1. The minimum Gasteiger partial charge on any atom is -0.329 e. The maximum atomic E-state index is 14.3. The molecule has 0 radical (unpaired) electrons. The number of nitrogens with two attached hydrogens (primary N) is 1. The summed E-state index contributed by atoms with van der Waals surface area (Å²) in [6.07, 6.45) is 1.89. The van der Waals surface area contributed by atoms with Crippen molar-refractivity contribution < 1.29 is 8.78 Å². The predicted molar refractivity (Wildman–Crippen MR) is 73.1 cm³/mol. The van der Waals surface area contributed by atoms with Crippen molar-refractivity contribution in [3.63, 3.8) is 0 Å². The lowest BCUT2D eigenvalue weighted by Gasteiger charge is -2.39. The van der Waals surface area contributed by atoms with Crippen molar-refractivity contribution >= 4 is 0 Å². The summed E-state index contributed by atoms with van der Waals surface area (Å²) in [4.78, 5) is 1.85. The van der Waals surface area contributed by atoms with Crippen LogP contribution in [0.1, 0.15) is 25.3 Å². The van der Waals surface area contributed by atoms with E-state index in [0.717, 1.165) is 12.8 Å². The molecule has 1 aromatic carbocycles. The maximum absolute atomic E-state index is 14.3. The second-order valence-electron chi connectivity index (χ2n) is 5.56. The first-order valence-corrected chi connectivity index (χ1v) is 6.90. The highest BCUT2D eigenvalue weighted by molar-refractivity contribution is 5.20. The third-order valence-electron chi connectivity index (χ3n) is 3.97. The minimum absolute atomic E-state index is 0.0818. The van der Waals surface area contributed by atoms with E-state index in [9.17, 15) is 8.78 Å². The molecule has 0 aliphatic carbocycles. The number of nitrogens with zero attached hydrogens (tertiary/aromatic N) is 1. The van der Waals surface area contributed by atoms with E-state index in [1.165, 1.54) is 12.1 Å². The molecule has 2 atom stereocenters. The van der Waals surface area contributed by atoms with Gasteiger partial charge in [0.05, 0.1) is 6.54 Å². The lowest BCUT2D eigenvalue weighted by Crippen LogP contribution is -2.49. The van der Waals surface area contributed by atoms with Gasteiger partial charge in [0.2, 0.25) is 0 Å². The van der Waals surface area contributed by atoms with Crippen LogP contribution in [0.2, 0.25) is 0 Å². The standard InChI is InChI=1S/C15H22F2N2/c1-12-7-8-19(14(9-12)10-18)11-15(16,17)13-5-3-2-4-6-13/h2-6,12,14H,7-11,18H2,1H3. The number of alkyl halides is 2. The first kappa shape index (κ1) is 14.4. The smallest absolute Gasteiger partial charge is 0.285 e. The molecule has 106 valence electrons. The number of benzene rings is 1. The minimum atomic E-state index is -2.81. The van der Waals surface area contributed by atoms with Gasteiger partial charge >= 0.3 is 0 Å². The SMILES string of the molecule is CC1CCN(CC(F)(F)c2ccccc2)C(CN)C1. The van der Waals surface area contributed by atoms with Gasteiger partial charge in [-0.1, -0.05) is 37.3 Å². The zero-order valence-electron chi connectivity index (χ0n) is 11.4. The predicted octanol–water partition coefficient (Wildman–Crippen LogP) is 2.84. The Hall–Kier alpha value is -1.00. The van der Waals surface area contributed by atoms with Crippen LogP contribution in [-0.2, 0) is 5.92 Å². The van der Waals surface area contributed by atoms with Crippen LogP contribution in [0, 0.1) is 5.92 Å². The molecule has 0 saturated carbocycles. The Labute approximate surface area is 113 Å². The maximum Gasteiger partial charge on any atom is 0.285 e. The Kier molecular flexibility index (Phi) is 4.53. The average molecular weight is 268 g/mol. The fourth-order valence-electron chi connectivity index (χ4n) is 2.78. The fourth-order valence-corrected chi connectivity index (χ4v) is 2.78. The topological polar surface area (TPSA) is 29.3 Å². The number of piperidine rings is 1. The van der Waals surface area contributed by atoms with Crippen molar-refractivity contribution in [1.82, 2.24) is 4.90 Å². The zero-order valence-corrected chi connectivity index (χ0v) is 11.4. The first-order chi connectivity index (χ1) is 9.03. The van der Waals surface area contributed by atoms with Gasteiger partial charge in [-0.15, -0.1) is 0 Å². The lowest BCUT2D eigenvalue weighted by atomic mass is 9.91. The highest BCUT2D eigenvalue weighted by atomic mass is 19.3. The van der Waals surface area contributed by atoms with Crippen molar-refractivity contribution in [2.45, 2.75) is 31.7 Å². The van der Waals surface area contributed by atoms with Gasteiger partial charge in [-0.05, 0) is 25.3 Å². The fraction of sp³-hybridized carbons (Fsp3) is 0.600. The van der Waals surface area contributed by atoms with Crippen LogP contribution in [0.25, 0.3) is 0 Å². The molecule has 1 aromatic rings. The molecule has 1 aliphatic heterocycles. The number of likely N-dealkylation sites (tertiary alicyclic amines) is 1. The molecule has 1 aliphatic rings. The number of halogens is 2. The third kappa shape index (κ3) is 3.51. The molecule has 19 heavy (non-hydrogen) atoms. The van der Waals surface area contributed by atoms with E-state index in [1.807, 2.05) is 4.90 Å². The summed E-state index contributed by atoms with van der Waals surface area (Å²) in [7, 11) is 0. The van der Waals surface area contributed by atoms with Crippen molar-refractivity contribution in [1.29, 1.82) is 0 Å². The van der Waals surface area contributed by atoms with Crippen LogP contribution >= 0.6 is 0 Å². The zero-order chi connectivity index (χ0) is 13.9. The molecule has 4 heteroatoms. The molecule has 0 bridgehead atoms. The Balaban J connectivity index is 2.07. The van der Waals surface area contributed by atoms with E-state index in [2.05, 4.69) is 6.92 Å². The Bertz CT molecular complexity index is 394. The van der Waals surface area contributed by atoms with Gasteiger partial charge in [0, 0.05) is 18.2 Å². The molecule has 1 fully saturated rings. The molecule has 1 saturated heterocycles. The molecule has 2 nitrogen and oxygen atoms in total. The van der Waals surface area contributed by atoms with Crippen LogP contribution in [0.15, 0.2) is 30.3 Å². The van der Waals surface area contributed by atoms with E-state index < -0.39 is 5.92 Å². The molecule has 1 heterocycles. The van der Waals surface area contributed by atoms with Gasteiger partial charge in [0.15, 0.2) is 0 Å². The summed E-state index contributed by atoms with van der Waals surface area (Å²) in [5.41, 5.74) is 5.81. The van der Waals surface area contributed by atoms with Crippen LogP contribution in [0.3, 0.4) is 0 Å². The first-order valence-electron chi connectivity index (χ1n) is 6.90.